The number of carbonyl (C=O) groups is 1. The number of aryl methyl sites for hydroxylation is 1. The van der Waals surface area contributed by atoms with Crippen molar-refractivity contribution >= 4 is 11.6 Å². The zero-order chi connectivity index (χ0) is 16.1. The van der Waals surface area contributed by atoms with E-state index in [1.165, 1.54) is 0 Å². The van der Waals surface area contributed by atoms with Crippen LogP contribution in [0.1, 0.15) is 21.7 Å². The summed E-state index contributed by atoms with van der Waals surface area (Å²) in [6.07, 6.45) is 0. The van der Waals surface area contributed by atoms with Crippen molar-refractivity contribution in [3.8, 4) is 5.75 Å². The minimum Gasteiger partial charge on any atom is -0.485 e. The number of para-hydroxylation sites is 1. The molecule has 0 saturated heterocycles. The van der Waals surface area contributed by atoms with Gasteiger partial charge in [-0.2, -0.15) is 5.21 Å². The maximum atomic E-state index is 12.5. The molecule has 3 aromatic rings. The lowest BCUT2D eigenvalue weighted by atomic mass is 10.1. The SMILES string of the molecule is Cc1ccc(OCc2nn[nH]n2)c(C(=O)Nc2ccccc2)c1. The lowest BCUT2D eigenvalue weighted by Gasteiger charge is -2.11. The second kappa shape index (κ2) is 6.69. The molecule has 2 aromatic carbocycles. The van der Waals surface area contributed by atoms with Crippen molar-refractivity contribution < 1.29 is 9.53 Å². The van der Waals surface area contributed by atoms with Gasteiger partial charge >= 0.3 is 0 Å². The summed E-state index contributed by atoms with van der Waals surface area (Å²) in [5.41, 5.74) is 2.15. The molecule has 0 spiro atoms. The second-order valence-electron chi connectivity index (χ2n) is 4.94. The van der Waals surface area contributed by atoms with Crippen molar-refractivity contribution in [2.45, 2.75) is 13.5 Å². The highest BCUT2D eigenvalue weighted by molar-refractivity contribution is 6.06. The lowest BCUT2D eigenvalue weighted by Crippen LogP contribution is -2.14. The van der Waals surface area contributed by atoms with E-state index in [1.807, 2.05) is 43.3 Å². The van der Waals surface area contributed by atoms with E-state index in [0.717, 1.165) is 11.3 Å². The quantitative estimate of drug-likeness (QED) is 0.754. The summed E-state index contributed by atoms with van der Waals surface area (Å²) >= 11 is 0. The standard InChI is InChI=1S/C16H15N5O2/c1-11-7-8-14(23-10-15-18-20-21-19-15)13(9-11)16(22)17-12-5-3-2-4-6-12/h2-9H,10H2,1H3,(H,17,22)(H,18,19,20,21). The minimum absolute atomic E-state index is 0.130. The fourth-order valence-electron chi connectivity index (χ4n) is 2.05. The van der Waals surface area contributed by atoms with Crippen molar-refractivity contribution in [3.63, 3.8) is 0 Å². The molecule has 0 fully saturated rings. The molecule has 0 atom stereocenters. The third-order valence-electron chi connectivity index (χ3n) is 3.16. The van der Waals surface area contributed by atoms with Gasteiger partial charge in [0.1, 0.15) is 5.75 Å². The number of nitrogens with one attached hydrogen (secondary N) is 2. The van der Waals surface area contributed by atoms with Gasteiger partial charge in [0.25, 0.3) is 5.91 Å². The molecule has 0 bridgehead atoms. The Morgan fingerprint density at radius 2 is 2.04 bits per heavy atom. The van der Waals surface area contributed by atoms with Crippen molar-refractivity contribution in [3.05, 3.63) is 65.5 Å². The smallest absolute Gasteiger partial charge is 0.259 e. The summed E-state index contributed by atoms with van der Waals surface area (Å²) in [7, 11) is 0. The average Bonchev–Trinajstić information content (AvgIpc) is 3.08. The van der Waals surface area contributed by atoms with Gasteiger partial charge in [0, 0.05) is 5.69 Å². The van der Waals surface area contributed by atoms with E-state index in [0.29, 0.717) is 17.1 Å². The summed E-state index contributed by atoms with van der Waals surface area (Å²) < 4.78 is 5.65. The Hall–Kier alpha value is -3.22. The molecule has 23 heavy (non-hydrogen) atoms. The predicted molar refractivity (Wildman–Crippen MR) is 84.1 cm³/mol. The van der Waals surface area contributed by atoms with Crippen LogP contribution in [0.5, 0.6) is 5.75 Å². The molecule has 0 aliphatic carbocycles. The van der Waals surface area contributed by atoms with E-state index in [-0.39, 0.29) is 12.5 Å². The van der Waals surface area contributed by atoms with Gasteiger partial charge in [0.05, 0.1) is 5.56 Å². The Balaban J connectivity index is 1.79. The van der Waals surface area contributed by atoms with Crippen LogP contribution in [-0.2, 0) is 6.61 Å². The topological polar surface area (TPSA) is 92.8 Å². The molecule has 7 nitrogen and oxygen atoms in total. The Morgan fingerprint density at radius 1 is 1.22 bits per heavy atom. The Morgan fingerprint density at radius 3 is 2.78 bits per heavy atom. The molecule has 2 N–H and O–H groups in total. The monoisotopic (exact) mass is 309 g/mol. The molecule has 0 radical (unpaired) electrons. The first kappa shape index (κ1) is 14.7. The van der Waals surface area contributed by atoms with Crippen molar-refractivity contribution in [1.29, 1.82) is 0 Å². The zero-order valence-corrected chi connectivity index (χ0v) is 12.5. The number of ether oxygens (including phenoxy) is 1. The first-order valence-corrected chi connectivity index (χ1v) is 7.04. The minimum atomic E-state index is -0.233. The van der Waals surface area contributed by atoms with E-state index < -0.39 is 0 Å². The number of nitrogens with zero attached hydrogens (tertiary/aromatic N) is 3. The number of aromatic nitrogens is 4. The summed E-state index contributed by atoms with van der Waals surface area (Å²) in [5.74, 6) is 0.650. The van der Waals surface area contributed by atoms with Crippen LogP contribution in [0.15, 0.2) is 48.5 Å². The number of H-pyrrole nitrogens is 1. The fourth-order valence-corrected chi connectivity index (χ4v) is 2.05. The van der Waals surface area contributed by atoms with Gasteiger partial charge in [-0.05, 0) is 31.2 Å². The Bertz CT molecular complexity index is 787. The van der Waals surface area contributed by atoms with Crippen LogP contribution < -0.4 is 10.1 Å². The molecule has 3 rings (SSSR count). The molecule has 7 heteroatoms. The molecule has 0 aliphatic rings. The van der Waals surface area contributed by atoms with Crippen molar-refractivity contribution in [2.24, 2.45) is 0 Å². The summed E-state index contributed by atoms with van der Waals surface area (Å²) in [6, 6.07) is 14.7. The third kappa shape index (κ3) is 3.70. The number of anilines is 1. The Kier molecular flexibility index (Phi) is 4.28. The van der Waals surface area contributed by atoms with Gasteiger partial charge in [-0.1, -0.05) is 35.0 Å². The highest BCUT2D eigenvalue weighted by Crippen LogP contribution is 2.22. The zero-order valence-electron chi connectivity index (χ0n) is 12.5. The van der Waals surface area contributed by atoms with Crippen LogP contribution in [0.2, 0.25) is 0 Å². The number of carbonyl (C=O) groups excluding carboxylic acids is 1. The maximum Gasteiger partial charge on any atom is 0.259 e. The molecule has 1 amide bonds. The summed E-state index contributed by atoms with van der Waals surface area (Å²) in [6.45, 7) is 2.05. The normalized spacial score (nSPS) is 10.3. The van der Waals surface area contributed by atoms with Gasteiger partial charge in [-0.25, -0.2) is 0 Å². The van der Waals surface area contributed by atoms with Crippen LogP contribution in [-0.4, -0.2) is 26.5 Å². The lowest BCUT2D eigenvalue weighted by molar-refractivity contribution is 0.102. The summed E-state index contributed by atoms with van der Waals surface area (Å²) in [5, 5.41) is 16.3. The first-order valence-electron chi connectivity index (χ1n) is 7.04. The van der Waals surface area contributed by atoms with Gasteiger partial charge in [0.15, 0.2) is 6.61 Å². The van der Waals surface area contributed by atoms with Gasteiger partial charge in [-0.3, -0.25) is 4.79 Å². The second-order valence-corrected chi connectivity index (χ2v) is 4.94. The van der Waals surface area contributed by atoms with E-state index in [9.17, 15) is 4.79 Å². The Labute approximate surface area is 132 Å². The molecule has 0 unspecified atom stereocenters. The van der Waals surface area contributed by atoms with E-state index in [1.54, 1.807) is 12.1 Å². The molecule has 1 aromatic heterocycles. The van der Waals surface area contributed by atoms with Crippen LogP contribution in [0.4, 0.5) is 5.69 Å². The maximum absolute atomic E-state index is 12.5. The molecular formula is C16H15N5O2. The highest BCUT2D eigenvalue weighted by atomic mass is 16.5. The van der Waals surface area contributed by atoms with E-state index >= 15 is 0 Å². The van der Waals surface area contributed by atoms with Crippen LogP contribution in [0, 0.1) is 6.92 Å². The van der Waals surface area contributed by atoms with E-state index in [2.05, 4.69) is 25.9 Å². The van der Waals surface area contributed by atoms with Gasteiger partial charge in [0.2, 0.25) is 5.82 Å². The average molecular weight is 309 g/mol. The number of tetrazole rings is 1. The highest BCUT2D eigenvalue weighted by Gasteiger charge is 2.14. The number of amides is 1. The number of aromatic amines is 1. The number of hydrogen-bond donors (Lipinski definition) is 2. The number of hydrogen-bond acceptors (Lipinski definition) is 5. The van der Waals surface area contributed by atoms with Crippen LogP contribution in [0.3, 0.4) is 0 Å². The largest absolute Gasteiger partial charge is 0.485 e. The van der Waals surface area contributed by atoms with E-state index in [4.69, 9.17) is 4.74 Å². The molecule has 0 aliphatic heterocycles. The fraction of sp³-hybridized carbons (Fsp3) is 0.125. The van der Waals surface area contributed by atoms with Crippen LogP contribution in [0.25, 0.3) is 0 Å². The molecule has 1 heterocycles. The molecular weight excluding hydrogens is 294 g/mol. The van der Waals surface area contributed by atoms with Crippen LogP contribution >= 0.6 is 0 Å². The van der Waals surface area contributed by atoms with Crippen molar-refractivity contribution in [1.82, 2.24) is 20.6 Å². The third-order valence-corrected chi connectivity index (χ3v) is 3.16. The van der Waals surface area contributed by atoms with Crippen molar-refractivity contribution in [2.75, 3.05) is 5.32 Å². The first-order chi connectivity index (χ1) is 11.2. The predicted octanol–water partition coefficient (Wildman–Crippen LogP) is 2.34. The molecule has 116 valence electrons. The van der Waals surface area contributed by atoms with Gasteiger partial charge < -0.3 is 10.1 Å². The molecule has 0 saturated carbocycles. The number of rotatable bonds is 5. The number of benzene rings is 2. The summed E-state index contributed by atoms with van der Waals surface area (Å²) in [4.78, 5) is 12.5. The van der Waals surface area contributed by atoms with Gasteiger partial charge in [-0.15, -0.1) is 10.2 Å².